The van der Waals surface area contributed by atoms with Gasteiger partial charge < -0.3 is 4.74 Å². The van der Waals surface area contributed by atoms with E-state index in [0.717, 1.165) is 50.2 Å². The zero-order valence-corrected chi connectivity index (χ0v) is 16.4. The summed E-state index contributed by atoms with van der Waals surface area (Å²) in [4.78, 5) is 4.65. The molecule has 0 N–H and O–H groups in total. The highest BCUT2D eigenvalue weighted by Crippen LogP contribution is 2.19. The summed E-state index contributed by atoms with van der Waals surface area (Å²) in [6, 6.07) is 21.5. The van der Waals surface area contributed by atoms with Crippen molar-refractivity contribution in [3.8, 4) is 17.0 Å². The van der Waals surface area contributed by atoms with Gasteiger partial charge in [0.05, 0.1) is 12.3 Å². The van der Waals surface area contributed by atoms with E-state index in [9.17, 15) is 0 Å². The first-order valence-electron chi connectivity index (χ1n) is 10.0. The van der Waals surface area contributed by atoms with Crippen molar-refractivity contribution in [2.75, 3.05) is 6.61 Å². The van der Waals surface area contributed by atoms with Crippen molar-refractivity contribution in [1.29, 1.82) is 0 Å². The maximum Gasteiger partial charge on any atom is 0.119 e. The lowest BCUT2D eigenvalue weighted by Gasteiger charge is -2.07. The Bertz CT molecular complexity index is 804. The molecule has 27 heavy (non-hydrogen) atoms. The van der Waals surface area contributed by atoms with E-state index in [4.69, 9.17) is 4.74 Å². The molecule has 0 radical (unpaired) electrons. The Morgan fingerprint density at radius 3 is 2.04 bits per heavy atom. The first-order chi connectivity index (χ1) is 13.3. The Hall–Kier alpha value is -2.61. The van der Waals surface area contributed by atoms with Gasteiger partial charge in [-0.1, -0.05) is 62.7 Å². The molecular formula is C25H29NO. The molecule has 0 saturated carbocycles. The van der Waals surface area contributed by atoms with Gasteiger partial charge in [-0.2, -0.15) is 0 Å². The highest BCUT2D eigenvalue weighted by atomic mass is 16.5. The summed E-state index contributed by atoms with van der Waals surface area (Å²) < 4.78 is 5.72. The number of hydrogen-bond donors (Lipinski definition) is 0. The molecule has 1 aromatic heterocycles. The second-order valence-corrected chi connectivity index (χ2v) is 6.95. The number of benzene rings is 2. The first-order valence-corrected chi connectivity index (χ1v) is 10.0. The topological polar surface area (TPSA) is 22.1 Å². The van der Waals surface area contributed by atoms with Gasteiger partial charge in [-0.3, -0.25) is 4.98 Å². The second-order valence-electron chi connectivity index (χ2n) is 6.95. The summed E-state index contributed by atoms with van der Waals surface area (Å²) in [5.74, 6) is 0.965. The summed E-state index contributed by atoms with van der Waals surface area (Å²) >= 11 is 0. The molecule has 0 atom stereocenters. The maximum absolute atomic E-state index is 5.72. The number of nitrogens with zero attached hydrogens (tertiary/aromatic N) is 1. The van der Waals surface area contributed by atoms with Crippen molar-refractivity contribution >= 4 is 0 Å². The van der Waals surface area contributed by atoms with Crippen molar-refractivity contribution in [3.63, 3.8) is 0 Å². The van der Waals surface area contributed by atoms with Gasteiger partial charge in [-0.05, 0) is 60.6 Å². The van der Waals surface area contributed by atoms with Crippen LogP contribution in [0, 0.1) is 0 Å². The number of unbranched alkanes of at least 4 members (excludes halogenated alkanes) is 1. The normalized spacial score (nSPS) is 10.7. The molecule has 140 valence electrons. The third-order valence-corrected chi connectivity index (χ3v) is 4.88. The molecule has 0 saturated heterocycles. The molecule has 0 bridgehead atoms. The first kappa shape index (κ1) is 19.2. The van der Waals surface area contributed by atoms with Crippen LogP contribution in [0.15, 0.2) is 66.9 Å². The van der Waals surface area contributed by atoms with Crippen LogP contribution in [0.2, 0.25) is 0 Å². The van der Waals surface area contributed by atoms with E-state index in [1.54, 1.807) is 0 Å². The largest absolute Gasteiger partial charge is 0.494 e. The molecule has 1 heterocycles. The summed E-state index contributed by atoms with van der Waals surface area (Å²) in [6.45, 7) is 5.15. The van der Waals surface area contributed by atoms with Gasteiger partial charge in [-0.25, -0.2) is 0 Å². The highest BCUT2D eigenvalue weighted by Gasteiger charge is 2.02. The second kappa shape index (κ2) is 9.91. The average molecular weight is 360 g/mol. The van der Waals surface area contributed by atoms with Crippen LogP contribution in [0.3, 0.4) is 0 Å². The summed E-state index contributed by atoms with van der Waals surface area (Å²) in [5, 5.41) is 0. The number of ether oxygens (including phenoxy) is 1. The van der Waals surface area contributed by atoms with Crippen LogP contribution >= 0.6 is 0 Å². The van der Waals surface area contributed by atoms with E-state index in [2.05, 4.69) is 79.5 Å². The molecule has 0 amide bonds. The predicted molar refractivity (Wildman–Crippen MR) is 113 cm³/mol. The fourth-order valence-electron chi connectivity index (χ4n) is 3.03. The SMILES string of the molecule is CCCCOc1ccc(CCc2ccc(-c3ccc(CC)cc3)nc2)cc1. The number of hydrogen-bond acceptors (Lipinski definition) is 2. The third kappa shape index (κ3) is 5.68. The molecule has 2 heteroatoms. The Morgan fingerprint density at radius 1 is 0.741 bits per heavy atom. The van der Waals surface area contributed by atoms with Gasteiger partial charge in [0.25, 0.3) is 0 Å². The molecule has 2 nitrogen and oxygen atoms in total. The van der Waals surface area contributed by atoms with Crippen molar-refractivity contribution in [1.82, 2.24) is 4.98 Å². The summed E-state index contributed by atoms with van der Waals surface area (Å²) in [6.07, 6.45) is 7.35. The van der Waals surface area contributed by atoms with Crippen LogP contribution in [0.25, 0.3) is 11.3 Å². The fourth-order valence-corrected chi connectivity index (χ4v) is 3.03. The smallest absolute Gasteiger partial charge is 0.119 e. The molecule has 0 spiro atoms. The van der Waals surface area contributed by atoms with Crippen LogP contribution in [0.1, 0.15) is 43.4 Å². The van der Waals surface area contributed by atoms with E-state index in [1.807, 2.05) is 6.20 Å². The predicted octanol–water partition coefficient (Wildman–Crippen LogP) is 6.28. The van der Waals surface area contributed by atoms with Gasteiger partial charge in [-0.15, -0.1) is 0 Å². The van der Waals surface area contributed by atoms with E-state index >= 15 is 0 Å². The monoisotopic (exact) mass is 359 g/mol. The Balaban J connectivity index is 1.53. The Labute approximate surface area is 163 Å². The van der Waals surface area contributed by atoms with E-state index < -0.39 is 0 Å². The molecule has 0 aliphatic carbocycles. The lowest BCUT2D eigenvalue weighted by molar-refractivity contribution is 0.309. The minimum Gasteiger partial charge on any atom is -0.494 e. The molecular weight excluding hydrogens is 330 g/mol. The lowest BCUT2D eigenvalue weighted by atomic mass is 10.0. The number of aryl methyl sites for hydroxylation is 3. The maximum atomic E-state index is 5.72. The zero-order chi connectivity index (χ0) is 18.9. The van der Waals surface area contributed by atoms with E-state index in [1.165, 1.54) is 22.3 Å². The van der Waals surface area contributed by atoms with E-state index in [0.29, 0.717) is 0 Å². The van der Waals surface area contributed by atoms with Crippen LogP contribution in [-0.4, -0.2) is 11.6 Å². The van der Waals surface area contributed by atoms with Crippen LogP contribution < -0.4 is 4.74 Å². The van der Waals surface area contributed by atoms with Crippen molar-refractivity contribution in [3.05, 3.63) is 83.6 Å². The Kier molecular flexibility index (Phi) is 7.04. The summed E-state index contributed by atoms with van der Waals surface area (Å²) in [5.41, 5.74) is 6.17. The number of aromatic nitrogens is 1. The van der Waals surface area contributed by atoms with Gasteiger partial charge in [0.15, 0.2) is 0 Å². The molecule has 0 aliphatic rings. The average Bonchev–Trinajstić information content (AvgIpc) is 2.74. The van der Waals surface area contributed by atoms with Gasteiger partial charge in [0.2, 0.25) is 0 Å². The van der Waals surface area contributed by atoms with Gasteiger partial charge in [0, 0.05) is 11.8 Å². The molecule has 0 aliphatic heterocycles. The number of pyridine rings is 1. The molecule has 3 aromatic rings. The Morgan fingerprint density at radius 2 is 1.41 bits per heavy atom. The minimum absolute atomic E-state index is 0.801. The highest BCUT2D eigenvalue weighted by molar-refractivity contribution is 5.59. The van der Waals surface area contributed by atoms with Crippen molar-refractivity contribution in [2.45, 2.75) is 46.0 Å². The quantitative estimate of drug-likeness (QED) is 0.420. The molecule has 2 aromatic carbocycles. The molecule has 0 fully saturated rings. The fraction of sp³-hybridized carbons (Fsp3) is 0.320. The van der Waals surface area contributed by atoms with Crippen molar-refractivity contribution < 1.29 is 4.74 Å². The van der Waals surface area contributed by atoms with Gasteiger partial charge >= 0.3 is 0 Å². The minimum atomic E-state index is 0.801. The van der Waals surface area contributed by atoms with Crippen LogP contribution in [0.5, 0.6) is 5.75 Å². The van der Waals surface area contributed by atoms with Crippen molar-refractivity contribution in [2.24, 2.45) is 0 Å². The molecule has 3 rings (SSSR count). The van der Waals surface area contributed by atoms with Crippen LogP contribution in [0.4, 0.5) is 0 Å². The third-order valence-electron chi connectivity index (χ3n) is 4.88. The standard InChI is InChI=1S/C25H29NO/c1-3-5-18-27-24-15-10-21(11-16-24)6-7-22-12-17-25(26-19-22)23-13-8-20(4-2)9-14-23/h8-17,19H,3-7,18H2,1-2H3. The number of rotatable bonds is 9. The van der Waals surface area contributed by atoms with Crippen LogP contribution in [-0.2, 0) is 19.3 Å². The lowest BCUT2D eigenvalue weighted by Crippen LogP contribution is -1.97. The molecule has 0 unspecified atom stereocenters. The van der Waals surface area contributed by atoms with E-state index in [-0.39, 0.29) is 0 Å². The summed E-state index contributed by atoms with van der Waals surface area (Å²) in [7, 11) is 0. The van der Waals surface area contributed by atoms with Gasteiger partial charge in [0.1, 0.15) is 5.75 Å². The zero-order valence-electron chi connectivity index (χ0n) is 16.4.